The molecule has 0 aliphatic heterocycles. The third-order valence-electron chi connectivity index (χ3n) is 4.59. The number of nitrogens with one attached hydrogen (secondary N) is 1. The van der Waals surface area contributed by atoms with Gasteiger partial charge in [0.15, 0.2) is 0 Å². The molecule has 0 atom stereocenters. The van der Waals surface area contributed by atoms with E-state index in [1.807, 2.05) is 0 Å². The van der Waals surface area contributed by atoms with Gasteiger partial charge in [-0.25, -0.2) is 13.2 Å². The summed E-state index contributed by atoms with van der Waals surface area (Å²) in [6.45, 7) is 0. The molecule has 0 saturated heterocycles. The molecule has 1 heterocycles. The molecule has 3 rings (SSSR count). The first-order valence-electron chi connectivity index (χ1n) is 8.31. The largest absolute Gasteiger partial charge is 0.480 e. The van der Waals surface area contributed by atoms with Crippen LogP contribution < -0.4 is 5.32 Å². The first kappa shape index (κ1) is 18.6. The zero-order valence-corrected chi connectivity index (χ0v) is 15.6. The van der Waals surface area contributed by atoms with E-state index in [9.17, 15) is 23.1 Å². The molecule has 6 nitrogen and oxygen atoms in total. The highest BCUT2D eigenvalue weighted by atomic mass is 32.2. The van der Waals surface area contributed by atoms with Crippen molar-refractivity contribution in [1.29, 1.82) is 0 Å². The molecule has 0 bridgehead atoms. The fourth-order valence-corrected chi connectivity index (χ4v) is 5.75. The van der Waals surface area contributed by atoms with Gasteiger partial charge in [-0.2, -0.15) is 0 Å². The molecule has 0 unspecified atom stereocenters. The van der Waals surface area contributed by atoms with Crippen LogP contribution in [-0.4, -0.2) is 30.9 Å². The summed E-state index contributed by atoms with van der Waals surface area (Å²) in [7, 11) is -3.69. The zero-order chi connectivity index (χ0) is 18.8. The van der Waals surface area contributed by atoms with Crippen molar-refractivity contribution in [3.63, 3.8) is 0 Å². The summed E-state index contributed by atoms with van der Waals surface area (Å²) in [5.41, 5.74) is -1.27. The van der Waals surface area contributed by atoms with Crippen LogP contribution >= 0.6 is 11.3 Å². The quantitative estimate of drug-likeness (QED) is 0.813. The minimum atomic E-state index is -3.69. The smallest absolute Gasteiger partial charge is 0.329 e. The van der Waals surface area contributed by atoms with E-state index >= 15 is 0 Å². The first-order chi connectivity index (χ1) is 12.3. The Morgan fingerprint density at radius 2 is 1.65 bits per heavy atom. The maximum absolute atomic E-state index is 12.6. The van der Waals surface area contributed by atoms with Crippen LogP contribution in [0.15, 0.2) is 51.6 Å². The van der Waals surface area contributed by atoms with Crippen LogP contribution in [-0.2, 0) is 14.6 Å². The van der Waals surface area contributed by atoms with E-state index in [0.29, 0.717) is 12.8 Å². The fraction of sp³-hybridized carbons (Fsp3) is 0.333. The van der Waals surface area contributed by atoms with Gasteiger partial charge in [-0.05, 0) is 37.1 Å². The van der Waals surface area contributed by atoms with Crippen molar-refractivity contribution in [2.24, 2.45) is 0 Å². The summed E-state index contributed by atoms with van der Waals surface area (Å²) < 4.78 is 25.3. The number of benzene rings is 1. The summed E-state index contributed by atoms with van der Waals surface area (Å²) in [5, 5.41) is 12.2. The third-order valence-corrected chi connectivity index (χ3v) is 7.94. The lowest BCUT2D eigenvalue weighted by Gasteiger charge is -2.33. The monoisotopic (exact) mass is 393 g/mol. The molecule has 8 heteroatoms. The number of carbonyl (C=O) groups excluding carboxylic acids is 1. The predicted molar refractivity (Wildman–Crippen MR) is 97.1 cm³/mol. The van der Waals surface area contributed by atoms with Crippen LogP contribution in [0.1, 0.15) is 41.8 Å². The second kappa shape index (κ2) is 7.20. The normalized spacial score (nSPS) is 16.8. The molecule has 2 aromatic rings. The van der Waals surface area contributed by atoms with E-state index < -0.39 is 27.3 Å². The number of aliphatic carboxylic acids is 1. The molecule has 1 fully saturated rings. The van der Waals surface area contributed by atoms with E-state index in [4.69, 9.17) is 0 Å². The highest BCUT2D eigenvalue weighted by Crippen LogP contribution is 2.31. The highest BCUT2D eigenvalue weighted by Gasteiger charge is 2.41. The van der Waals surface area contributed by atoms with Crippen molar-refractivity contribution in [2.75, 3.05) is 0 Å². The molecule has 2 N–H and O–H groups in total. The second-order valence-corrected chi connectivity index (χ2v) is 9.60. The molecule has 0 radical (unpaired) electrons. The number of hydrogen-bond acceptors (Lipinski definition) is 5. The number of sulfone groups is 1. The van der Waals surface area contributed by atoms with Crippen molar-refractivity contribution >= 4 is 33.1 Å². The minimum Gasteiger partial charge on any atom is -0.480 e. The Balaban J connectivity index is 1.83. The van der Waals surface area contributed by atoms with Gasteiger partial charge in [0, 0.05) is 0 Å². The van der Waals surface area contributed by atoms with Gasteiger partial charge in [0.25, 0.3) is 5.91 Å². The number of carboxylic acids is 1. The van der Waals surface area contributed by atoms with Gasteiger partial charge in [0.1, 0.15) is 9.75 Å². The molecule has 1 saturated carbocycles. The molecule has 1 aliphatic rings. The third kappa shape index (κ3) is 3.52. The Hall–Kier alpha value is -2.19. The number of hydrogen-bond donors (Lipinski definition) is 2. The van der Waals surface area contributed by atoms with Gasteiger partial charge in [0.05, 0.1) is 9.77 Å². The maximum Gasteiger partial charge on any atom is 0.329 e. The first-order valence-corrected chi connectivity index (χ1v) is 10.6. The Kier molecular flexibility index (Phi) is 5.15. The van der Waals surface area contributed by atoms with Crippen LogP contribution in [0.2, 0.25) is 0 Å². The van der Waals surface area contributed by atoms with Crippen LogP contribution in [0.5, 0.6) is 0 Å². The topological polar surface area (TPSA) is 101 Å². The zero-order valence-electron chi connectivity index (χ0n) is 14.0. The van der Waals surface area contributed by atoms with Crippen molar-refractivity contribution in [1.82, 2.24) is 5.32 Å². The summed E-state index contributed by atoms with van der Waals surface area (Å²) in [6.07, 6.45) is 3.20. The average Bonchev–Trinajstić information content (AvgIpc) is 3.14. The molecule has 0 spiro atoms. The molecule has 1 aromatic carbocycles. The molecule has 1 aliphatic carbocycles. The number of carbonyl (C=O) groups is 2. The SMILES string of the molecule is O=C(NC1(C(=O)O)CCCCC1)c1ccc(S(=O)(=O)c2ccccc2)s1. The van der Waals surface area contributed by atoms with Crippen LogP contribution in [0.4, 0.5) is 0 Å². The summed E-state index contributed by atoms with van der Waals surface area (Å²) in [4.78, 5) is 24.6. The Bertz CT molecular complexity index is 912. The summed E-state index contributed by atoms with van der Waals surface area (Å²) in [6, 6.07) is 10.8. The molecule has 1 amide bonds. The average molecular weight is 393 g/mol. The molecule has 26 heavy (non-hydrogen) atoms. The Morgan fingerprint density at radius 1 is 1.00 bits per heavy atom. The van der Waals surface area contributed by atoms with Gasteiger partial charge in [-0.1, -0.05) is 37.5 Å². The van der Waals surface area contributed by atoms with Crippen LogP contribution in [0.25, 0.3) is 0 Å². The number of carboxylic acid groups (broad SMARTS) is 1. The standard InChI is InChI=1S/C18H19NO5S2/c20-16(19-18(17(21)22)11-5-2-6-12-18)14-9-10-15(25-14)26(23,24)13-7-3-1-4-8-13/h1,3-4,7-10H,2,5-6,11-12H2,(H,19,20)(H,21,22). The number of amides is 1. The number of rotatable bonds is 5. The van der Waals surface area contributed by atoms with E-state index in [2.05, 4.69) is 5.32 Å². The fourth-order valence-electron chi connectivity index (χ4n) is 3.13. The lowest BCUT2D eigenvalue weighted by atomic mass is 9.81. The minimum absolute atomic E-state index is 0.0573. The lowest BCUT2D eigenvalue weighted by Crippen LogP contribution is -2.55. The van der Waals surface area contributed by atoms with Crippen LogP contribution in [0.3, 0.4) is 0 Å². The second-order valence-electron chi connectivity index (χ2n) is 6.34. The molecule has 138 valence electrons. The van der Waals surface area contributed by atoms with E-state index in [0.717, 1.165) is 30.6 Å². The molecular formula is C18H19NO5S2. The summed E-state index contributed by atoms with van der Waals surface area (Å²) in [5.74, 6) is -1.59. The van der Waals surface area contributed by atoms with E-state index in [1.54, 1.807) is 18.2 Å². The van der Waals surface area contributed by atoms with Gasteiger partial charge < -0.3 is 10.4 Å². The number of thiophene rings is 1. The Morgan fingerprint density at radius 3 is 2.27 bits per heavy atom. The predicted octanol–water partition coefficient (Wildman–Crippen LogP) is 3.10. The van der Waals surface area contributed by atoms with Crippen molar-refractivity contribution < 1.29 is 23.1 Å². The van der Waals surface area contributed by atoms with E-state index in [-0.39, 0.29) is 14.0 Å². The van der Waals surface area contributed by atoms with Gasteiger partial charge in [0.2, 0.25) is 9.84 Å². The summed E-state index contributed by atoms with van der Waals surface area (Å²) >= 11 is 0.849. The van der Waals surface area contributed by atoms with Crippen molar-refractivity contribution in [3.8, 4) is 0 Å². The molecule has 1 aromatic heterocycles. The van der Waals surface area contributed by atoms with Crippen molar-refractivity contribution in [3.05, 3.63) is 47.3 Å². The lowest BCUT2D eigenvalue weighted by molar-refractivity contribution is -0.145. The van der Waals surface area contributed by atoms with Gasteiger partial charge in [-0.15, -0.1) is 11.3 Å². The van der Waals surface area contributed by atoms with Gasteiger partial charge >= 0.3 is 5.97 Å². The van der Waals surface area contributed by atoms with Gasteiger partial charge in [-0.3, -0.25) is 4.79 Å². The highest BCUT2D eigenvalue weighted by molar-refractivity contribution is 7.93. The van der Waals surface area contributed by atoms with Crippen molar-refractivity contribution in [2.45, 2.75) is 46.7 Å². The maximum atomic E-state index is 12.6. The molecular weight excluding hydrogens is 374 g/mol. The Labute approximate surface area is 155 Å². The van der Waals surface area contributed by atoms with Crippen LogP contribution in [0, 0.1) is 0 Å². The van der Waals surface area contributed by atoms with E-state index in [1.165, 1.54) is 24.3 Å².